The van der Waals surface area contributed by atoms with Gasteiger partial charge in [-0.05, 0) is 25.2 Å². The van der Waals surface area contributed by atoms with Gasteiger partial charge in [-0.15, -0.1) is 0 Å². The summed E-state index contributed by atoms with van der Waals surface area (Å²) in [5.41, 5.74) is 5.95. The van der Waals surface area contributed by atoms with E-state index in [1.54, 1.807) is 0 Å². The number of rotatable bonds is 3. The predicted molar refractivity (Wildman–Crippen MR) is 109 cm³/mol. The maximum Gasteiger partial charge on any atom is 0.266 e. The van der Waals surface area contributed by atoms with E-state index in [1.165, 1.54) is 0 Å². The van der Waals surface area contributed by atoms with Crippen LogP contribution in [0.5, 0.6) is 0 Å². The summed E-state index contributed by atoms with van der Waals surface area (Å²) in [4.78, 5) is 20.0. The number of hydrogen-bond donors (Lipinski definition) is 1. The third-order valence-electron chi connectivity index (χ3n) is 4.87. The van der Waals surface area contributed by atoms with Crippen molar-refractivity contribution in [1.82, 2.24) is 20.3 Å². The van der Waals surface area contributed by atoms with Gasteiger partial charge in [0.2, 0.25) is 0 Å². The van der Waals surface area contributed by atoms with Crippen LogP contribution >= 0.6 is 11.6 Å². The maximum absolute atomic E-state index is 13.0. The van der Waals surface area contributed by atoms with Crippen LogP contribution in [0.2, 0.25) is 5.02 Å². The van der Waals surface area contributed by atoms with Gasteiger partial charge >= 0.3 is 0 Å². The highest BCUT2D eigenvalue weighted by atomic mass is 35.5. The minimum Gasteiger partial charge on any atom is -0.304 e. The van der Waals surface area contributed by atoms with Crippen molar-refractivity contribution in [2.24, 2.45) is 0 Å². The molecule has 3 aromatic rings. The van der Waals surface area contributed by atoms with E-state index in [9.17, 15) is 4.79 Å². The first-order valence-electron chi connectivity index (χ1n) is 9.01. The van der Waals surface area contributed by atoms with Gasteiger partial charge in [0.15, 0.2) is 0 Å². The molecule has 27 heavy (non-hydrogen) atoms. The largest absolute Gasteiger partial charge is 0.304 e. The van der Waals surface area contributed by atoms with Crippen LogP contribution in [0.1, 0.15) is 10.4 Å². The van der Waals surface area contributed by atoms with Crippen LogP contribution in [0.4, 0.5) is 0 Å². The van der Waals surface area contributed by atoms with Crippen LogP contribution in [0, 0.1) is 0 Å². The molecule has 4 rings (SSSR count). The number of nitrogens with zero attached hydrogens (tertiary/aromatic N) is 3. The quantitative estimate of drug-likeness (QED) is 0.756. The number of likely N-dealkylation sites (N-methyl/N-ethyl adjacent to an activating group) is 1. The highest BCUT2D eigenvalue weighted by Crippen LogP contribution is 2.29. The van der Waals surface area contributed by atoms with E-state index in [1.807, 2.05) is 59.6 Å². The average molecular weight is 381 g/mol. The zero-order valence-corrected chi connectivity index (χ0v) is 15.9. The van der Waals surface area contributed by atoms with Crippen molar-refractivity contribution < 1.29 is 4.79 Å². The third-order valence-corrected chi connectivity index (χ3v) is 5.20. The summed E-state index contributed by atoms with van der Waals surface area (Å²) in [6.45, 7) is 3.48. The highest BCUT2D eigenvalue weighted by Gasteiger charge is 2.19. The van der Waals surface area contributed by atoms with Crippen LogP contribution in [0.25, 0.3) is 22.2 Å². The van der Waals surface area contributed by atoms with Crippen LogP contribution in [0.15, 0.2) is 54.6 Å². The Hall–Kier alpha value is -2.47. The molecule has 2 aromatic carbocycles. The number of hydrazine groups is 1. The minimum absolute atomic E-state index is 0.119. The fraction of sp³-hybridized carbons (Fsp3) is 0.238. The Morgan fingerprint density at radius 1 is 1.04 bits per heavy atom. The summed E-state index contributed by atoms with van der Waals surface area (Å²) in [6, 6.07) is 17.1. The second-order valence-electron chi connectivity index (χ2n) is 6.78. The van der Waals surface area contributed by atoms with Gasteiger partial charge in [0, 0.05) is 42.2 Å². The van der Waals surface area contributed by atoms with Crippen molar-refractivity contribution in [1.29, 1.82) is 0 Å². The van der Waals surface area contributed by atoms with Gasteiger partial charge in [-0.25, -0.2) is 9.99 Å². The molecule has 1 fully saturated rings. The minimum atomic E-state index is -0.119. The van der Waals surface area contributed by atoms with Crippen molar-refractivity contribution in [3.63, 3.8) is 0 Å². The number of pyridine rings is 1. The van der Waals surface area contributed by atoms with E-state index >= 15 is 0 Å². The highest BCUT2D eigenvalue weighted by molar-refractivity contribution is 6.33. The molecule has 0 aliphatic carbocycles. The number of piperazine rings is 1. The van der Waals surface area contributed by atoms with Crippen molar-refractivity contribution >= 4 is 28.4 Å². The lowest BCUT2D eigenvalue weighted by molar-refractivity contribution is 0.0664. The van der Waals surface area contributed by atoms with E-state index in [-0.39, 0.29) is 5.91 Å². The van der Waals surface area contributed by atoms with Gasteiger partial charge in [-0.1, -0.05) is 48.0 Å². The summed E-state index contributed by atoms with van der Waals surface area (Å²) in [6.07, 6.45) is 0. The van der Waals surface area contributed by atoms with Gasteiger partial charge in [0.25, 0.3) is 5.91 Å². The number of hydrogen-bond acceptors (Lipinski definition) is 4. The van der Waals surface area contributed by atoms with Crippen molar-refractivity contribution in [2.45, 2.75) is 0 Å². The molecule has 0 saturated carbocycles. The maximum atomic E-state index is 13.0. The van der Waals surface area contributed by atoms with E-state index in [4.69, 9.17) is 16.6 Å². The molecule has 1 N–H and O–H groups in total. The van der Waals surface area contributed by atoms with Gasteiger partial charge in [0.05, 0.1) is 16.8 Å². The molecular weight excluding hydrogens is 360 g/mol. The molecule has 0 spiro atoms. The van der Waals surface area contributed by atoms with Crippen LogP contribution in [0.3, 0.4) is 0 Å². The number of halogens is 1. The molecular formula is C21H21ClN4O. The fourth-order valence-corrected chi connectivity index (χ4v) is 3.52. The lowest BCUT2D eigenvalue weighted by Gasteiger charge is -2.32. The van der Waals surface area contributed by atoms with E-state index < -0.39 is 0 Å². The SMILES string of the molecule is CN1CCN(NC(=O)c2cc(-c3ccccc3Cl)nc3ccccc23)CC1. The second-order valence-corrected chi connectivity index (χ2v) is 7.19. The molecule has 6 heteroatoms. The molecule has 1 saturated heterocycles. The summed E-state index contributed by atoms with van der Waals surface area (Å²) in [7, 11) is 2.09. The molecule has 1 aliphatic rings. The molecule has 0 unspecified atom stereocenters. The fourth-order valence-electron chi connectivity index (χ4n) is 3.29. The van der Waals surface area contributed by atoms with Crippen molar-refractivity contribution in [2.75, 3.05) is 33.2 Å². The Labute approximate surface area is 163 Å². The number of aromatic nitrogens is 1. The van der Waals surface area contributed by atoms with Crippen LogP contribution in [-0.4, -0.2) is 54.0 Å². The Bertz CT molecular complexity index is 983. The average Bonchev–Trinajstić information content (AvgIpc) is 2.69. The molecule has 5 nitrogen and oxygen atoms in total. The number of para-hydroxylation sites is 1. The first kappa shape index (κ1) is 17.9. The Morgan fingerprint density at radius 2 is 1.74 bits per heavy atom. The number of fused-ring (bicyclic) bond motifs is 1. The molecule has 0 radical (unpaired) electrons. The van der Waals surface area contributed by atoms with Crippen LogP contribution < -0.4 is 5.43 Å². The lowest BCUT2D eigenvalue weighted by Crippen LogP contribution is -2.52. The zero-order chi connectivity index (χ0) is 18.8. The van der Waals surface area contributed by atoms with Crippen molar-refractivity contribution in [3.05, 3.63) is 65.2 Å². The van der Waals surface area contributed by atoms with Gasteiger partial charge in [0.1, 0.15) is 0 Å². The van der Waals surface area contributed by atoms with Crippen LogP contribution in [-0.2, 0) is 0 Å². The van der Waals surface area contributed by atoms with Gasteiger partial charge in [-0.3, -0.25) is 10.2 Å². The molecule has 0 bridgehead atoms. The lowest BCUT2D eigenvalue weighted by atomic mass is 10.0. The summed E-state index contributed by atoms with van der Waals surface area (Å²) in [5, 5.41) is 3.43. The Kier molecular flexibility index (Phi) is 5.07. The smallest absolute Gasteiger partial charge is 0.266 e. The summed E-state index contributed by atoms with van der Waals surface area (Å²) < 4.78 is 0. The topological polar surface area (TPSA) is 48.5 Å². The van der Waals surface area contributed by atoms with Crippen molar-refractivity contribution in [3.8, 4) is 11.3 Å². The standard InChI is InChI=1S/C21H21ClN4O/c1-25-10-12-26(13-11-25)24-21(27)17-14-20(16-7-2-4-8-18(16)22)23-19-9-5-3-6-15(17)19/h2-9,14H,10-13H2,1H3,(H,24,27). The normalized spacial score (nSPS) is 15.8. The molecule has 1 aromatic heterocycles. The number of carbonyl (C=O) groups is 1. The molecule has 138 valence electrons. The number of carbonyl (C=O) groups excluding carboxylic acids is 1. The first-order valence-corrected chi connectivity index (χ1v) is 9.39. The van der Waals surface area contributed by atoms with Gasteiger partial charge in [-0.2, -0.15) is 0 Å². The zero-order valence-electron chi connectivity index (χ0n) is 15.2. The molecule has 2 heterocycles. The predicted octanol–water partition coefficient (Wildman–Crippen LogP) is 3.45. The van der Waals surface area contributed by atoms with E-state index in [0.29, 0.717) is 16.3 Å². The number of nitrogens with one attached hydrogen (secondary N) is 1. The Morgan fingerprint density at radius 3 is 2.52 bits per heavy atom. The van der Waals surface area contributed by atoms with Gasteiger partial charge < -0.3 is 4.90 Å². The number of benzene rings is 2. The van der Waals surface area contributed by atoms with E-state index in [2.05, 4.69) is 17.4 Å². The third kappa shape index (κ3) is 3.81. The molecule has 0 atom stereocenters. The second kappa shape index (κ2) is 7.64. The molecule has 1 aliphatic heterocycles. The Balaban J connectivity index is 1.72. The number of amides is 1. The summed E-state index contributed by atoms with van der Waals surface area (Å²) >= 11 is 6.36. The first-order chi connectivity index (χ1) is 13.1. The monoisotopic (exact) mass is 380 g/mol. The molecule has 1 amide bonds. The van der Waals surface area contributed by atoms with E-state index in [0.717, 1.165) is 42.6 Å². The summed E-state index contributed by atoms with van der Waals surface area (Å²) in [5.74, 6) is -0.119.